The molecular weight excluding hydrogens is 198 g/mol. The molecule has 0 atom stereocenters. The Balaban J connectivity index is 2.20. The van der Waals surface area contributed by atoms with E-state index in [1.165, 1.54) is 0 Å². The van der Waals surface area contributed by atoms with Crippen molar-refractivity contribution in [1.82, 2.24) is 5.48 Å². The van der Waals surface area contributed by atoms with Crippen LogP contribution in [0.5, 0.6) is 0 Å². The largest absolute Gasteiger partial charge is 0.368 e. The number of nitrogens with two attached hydrogens (primary N) is 2. The summed E-state index contributed by atoms with van der Waals surface area (Å²) in [5.41, 5.74) is 12.6. The zero-order valence-corrected chi connectivity index (χ0v) is 8.62. The first kappa shape index (κ1) is 11.9. The first-order valence-corrected chi connectivity index (χ1v) is 4.97. The van der Waals surface area contributed by atoms with E-state index in [9.17, 15) is 9.59 Å². The maximum Gasteiger partial charge on any atom is 0.246 e. The maximum absolute atomic E-state index is 11.3. The minimum atomic E-state index is -0.618. The summed E-state index contributed by atoms with van der Waals surface area (Å²) in [6.45, 7) is 0.206. The molecule has 6 heteroatoms. The van der Waals surface area contributed by atoms with E-state index >= 15 is 0 Å². The second kappa shape index (κ2) is 5.09. The second-order valence-electron chi connectivity index (χ2n) is 4.01. The van der Waals surface area contributed by atoms with Gasteiger partial charge in [0.05, 0.1) is 0 Å². The van der Waals surface area contributed by atoms with E-state index in [1.54, 1.807) is 0 Å². The number of carbonyl (C=O) groups is 2. The number of amides is 2. The topological polar surface area (TPSA) is 107 Å². The van der Waals surface area contributed by atoms with Crippen LogP contribution in [0.2, 0.25) is 0 Å². The molecular formula is C9H17N3O3. The van der Waals surface area contributed by atoms with Gasteiger partial charge in [0.2, 0.25) is 11.8 Å². The van der Waals surface area contributed by atoms with Crippen LogP contribution in [0.15, 0.2) is 0 Å². The number of primary amides is 1. The van der Waals surface area contributed by atoms with Gasteiger partial charge in [-0.15, -0.1) is 0 Å². The number of nitrogens with one attached hydrogen (secondary N) is 1. The summed E-state index contributed by atoms with van der Waals surface area (Å²) < 4.78 is 0. The number of hydroxylamine groups is 1. The lowest BCUT2D eigenvalue weighted by Crippen LogP contribution is -2.42. The molecule has 0 radical (unpaired) electrons. The van der Waals surface area contributed by atoms with Crippen LogP contribution in [-0.4, -0.2) is 25.0 Å². The molecule has 0 aromatic carbocycles. The lowest BCUT2D eigenvalue weighted by atomic mass is 9.66. The monoisotopic (exact) mass is 215 g/mol. The number of hydrogen-bond acceptors (Lipinski definition) is 4. The maximum atomic E-state index is 11.3. The molecule has 1 saturated carbocycles. The summed E-state index contributed by atoms with van der Waals surface area (Å²) in [4.78, 5) is 26.3. The quantitative estimate of drug-likeness (QED) is 0.496. The van der Waals surface area contributed by atoms with Gasteiger partial charge >= 0.3 is 0 Å². The third-order valence-corrected chi connectivity index (χ3v) is 2.78. The van der Waals surface area contributed by atoms with E-state index < -0.39 is 5.91 Å². The molecule has 1 fully saturated rings. The number of carbonyl (C=O) groups excluding carboxylic acids is 2. The van der Waals surface area contributed by atoms with Crippen LogP contribution < -0.4 is 16.9 Å². The van der Waals surface area contributed by atoms with Gasteiger partial charge in [0, 0.05) is 6.42 Å². The zero-order chi connectivity index (χ0) is 11.3. The molecule has 2 amide bonds. The van der Waals surface area contributed by atoms with Gasteiger partial charge in [-0.2, -0.15) is 0 Å². The fourth-order valence-electron chi connectivity index (χ4n) is 1.69. The molecule has 1 rings (SSSR count). The van der Waals surface area contributed by atoms with Crippen molar-refractivity contribution in [3.8, 4) is 0 Å². The third kappa shape index (κ3) is 3.49. The SMILES string of the molecule is NCC1(CC(=O)NOCC(N)=O)CCC1. The van der Waals surface area contributed by atoms with Gasteiger partial charge in [-0.05, 0) is 24.8 Å². The molecule has 0 aromatic heterocycles. The van der Waals surface area contributed by atoms with Gasteiger partial charge in [0.1, 0.15) is 0 Å². The molecule has 0 aromatic rings. The van der Waals surface area contributed by atoms with Gasteiger partial charge in [-0.25, -0.2) is 5.48 Å². The van der Waals surface area contributed by atoms with Crippen LogP contribution in [0.4, 0.5) is 0 Å². The van der Waals surface area contributed by atoms with Gasteiger partial charge in [-0.1, -0.05) is 6.42 Å². The van der Waals surface area contributed by atoms with Crippen LogP contribution in [0.1, 0.15) is 25.7 Å². The molecule has 1 aliphatic rings. The fourth-order valence-corrected chi connectivity index (χ4v) is 1.69. The van der Waals surface area contributed by atoms with Crippen LogP contribution in [0.3, 0.4) is 0 Å². The fraction of sp³-hybridized carbons (Fsp3) is 0.778. The minimum absolute atomic E-state index is 0.0554. The third-order valence-electron chi connectivity index (χ3n) is 2.78. The van der Waals surface area contributed by atoms with Gasteiger partial charge < -0.3 is 11.5 Å². The summed E-state index contributed by atoms with van der Waals surface area (Å²) in [5.74, 6) is -0.867. The lowest BCUT2D eigenvalue weighted by molar-refractivity contribution is -0.140. The lowest BCUT2D eigenvalue weighted by Gasteiger charge is -2.40. The Labute approximate surface area is 88.3 Å². The Morgan fingerprint density at radius 3 is 2.47 bits per heavy atom. The summed E-state index contributed by atoms with van der Waals surface area (Å²) in [5, 5.41) is 0. The molecule has 0 bridgehead atoms. The van der Waals surface area contributed by atoms with Crippen molar-refractivity contribution in [3.63, 3.8) is 0 Å². The molecule has 1 aliphatic carbocycles. The highest BCUT2D eigenvalue weighted by Gasteiger charge is 2.37. The number of hydrogen-bond donors (Lipinski definition) is 3. The first-order valence-electron chi connectivity index (χ1n) is 4.97. The molecule has 15 heavy (non-hydrogen) atoms. The highest BCUT2D eigenvalue weighted by molar-refractivity contribution is 5.77. The molecule has 0 saturated heterocycles. The highest BCUT2D eigenvalue weighted by Crippen LogP contribution is 2.42. The van der Waals surface area contributed by atoms with Crippen molar-refractivity contribution in [1.29, 1.82) is 0 Å². The number of rotatable bonds is 6. The van der Waals surface area contributed by atoms with Crippen LogP contribution >= 0.6 is 0 Å². The standard InChI is InChI=1S/C9H17N3O3/c10-6-9(2-1-3-9)4-8(14)12-15-5-7(11)13/h1-6,10H2,(H2,11,13)(H,12,14). The molecule has 86 valence electrons. The Morgan fingerprint density at radius 1 is 1.40 bits per heavy atom. The molecule has 0 spiro atoms. The predicted molar refractivity (Wildman–Crippen MR) is 53.2 cm³/mol. The van der Waals surface area contributed by atoms with Gasteiger partial charge in [-0.3, -0.25) is 14.4 Å². The molecule has 0 unspecified atom stereocenters. The summed E-state index contributed by atoms with van der Waals surface area (Å²) in [7, 11) is 0. The van der Waals surface area contributed by atoms with Crippen molar-refractivity contribution >= 4 is 11.8 Å². The van der Waals surface area contributed by atoms with E-state index in [4.69, 9.17) is 11.5 Å². The van der Waals surface area contributed by atoms with Crippen LogP contribution in [0.25, 0.3) is 0 Å². The van der Waals surface area contributed by atoms with Crippen LogP contribution in [0, 0.1) is 5.41 Å². The van der Waals surface area contributed by atoms with Crippen molar-refractivity contribution in [2.45, 2.75) is 25.7 Å². The van der Waals surface area contributed by atoms with E-state index in [-0.39, 0.29) is 17.9 Å². The Hall–Kier alpha value is -1.14. The summed E-state index contributed by atoms with van der Waals surface area (Å²) in [6, 6.07) is 0. The normalized spacial score (nSPS) is 17.9. The Kier molecular flexibility index (Phi) is 4.05. The average molecular weight is 215 g/mol. The zero-order valence-electron chi connectivity index (χ0n) is 8.62. The predicted octanol–water partition coefficient (Wildman–Crippen LogP) is -0.961. The molecule has 5 N–H and O–H groups in total. The Morgan fingerprint density at radius 2 is 2.07 bits per heavy atom. The minimum Gasteiger partial charge on any atom is -0.368 e. The van der Waals surface area contributed by atoms with Crippen molar-refractivity contribution in [2.75, 3.05) is 13.2 Å². The van der Waals surface area contributed by atoms with E-state index in [1.807, 2.05) is 0 Å². The van der Waals surface area contributed by atoms with Crippen LogP contribution in [-0.2, 0) is 14.4 Å². The summed E-state index contributed by atoms with van der Waals surface area (Å²) in [6.07, 6.45) is 3.42. The summed E-state index contributed by atoms with van der Waals surface area (Å²) >= 11 is 0. The smallest absolute Gasteiger partial charge is 0.246 e. The molecule has 0 aliphatic heterocycles. The first-order chi connectivity index (χ1) is 7.08. The molecule has 6 nitrogen and oxygen atoms in total. The van der Waals surface area contributed by atoms with E-state index in [0.717, 1.165) is 19.3 Å². The van der Waals surface area contributed by atoms with Gasteiger partial charge in [0.25, 0.3) is 0 Å². The van der Waals surface area contributed by atoms with Crippen molar-refractivity contribution in [2.24, 2.45) is 16.9 Å². The van der Waals surface area contributed by atoms with E-state index in [2.05, 4.69) is 10.3 Å². The molecule has 0 heterocycles. The van der Waals surface area contributed by atoms with Gasteiger partial charge in [0.15, 0.2) is 6.61 Å². The average Bonchev–Trinajstić information content (AvgIpc) is 2.11. The van der Waals surface area contributed by atoms with Crippen molar-refractivity contribution in [3.05, 3.63) is 0 Å². The van der Waals surface area contributed by atoms with E-state index in [0.29, 0.717) is 13.0 Å². The Bertz CT molecular complexity index is 245. The highest BCUT2D eigenvalue weighted by atomic mass is 16.7. The second-order valence-corrected chi connectivity index (χ2v) is 4.01. The van der Waals surface area contributed by atoms with Crippen molar-refractivity contribution < 1.29 is 14.4 Å².